The Bertz CT molecular complexity index is 963. The molecule has 0 saturated carbocycles. The lowest BCUT2D eigenvalue weighted by Gasteiger charge is -2.19. The number of nitrogens with zero attached hydrogens (tertiary/aromatic N) is 1. The number of phenolic OH excluding ortho intramolecular Hbond substituents is 1. The van der Waals surface area contributed by atoms with Crippen LogP contribution < -0.4 is 5.32 Å². The fourth-order valence-corrected chi connectivity index (χ4v) is 2.95. The van der Waals surface area contributed by atoms with Gasteiger partial charge in [-0.2, -0.15) is 0 Å². The Morgan fingerprint density at radius 3 is 2.67 bits per heavy atom. The zero-order valence-corrected chi connectivity index (χ0v) is 13.0. The number of para-hydroxylation sites is 1. The first-order chi connectivity index (χ1) is 11.8. The number of H-pyrrole nitrogens is 1. The molecule has 0 aliphatic carbocycles. The summed E-state index contributed by atoms with van der Waals surface area (Å²) in [6.07, 6.45) is 3.81. The van der Waals surface area contributed by atoms with E-state index >= 15 is 0 Å². The molecule has 24 heavy (non-hydrogen) atoms. The minimum atomic E-state index is -0.121. The summed E-state index contributed by atoms with van der Waals surface area (Å²) >= 11 is 0. The molecule has 4 heteroatoms. The number of hydrogen-bond donors (Lipinski definition) is 3. The van der Waals surface area contributed by atoms with Gasteiger partial charge >= 0.3 is 0 Å². The highest BCUT2D eigenvalue weighted by Crippen LogP contribution is 2.31. The molecule has 0 fully saturated rings. The van der Waals surface area contributed by atoms with Crippen LogP contribution in [0.15, 0.2) is 79.1 Å². The van der Waals surface area contributed by atoms with Crippen LogP contribution in [0, 0.1) is 0 Å². The molecule has 1 atom stereocenters. The minimum Gasteiger partial charge on any atom is -0.508 e. The highest BCUT2D eigenvalue weighted by atomic mass is 16.3. The lowest BCUT2D eigenvalue weighted by atomic mass is 10.0. The van der Waals surface area contributed by atoms with Gasteiger partial charge in [-0.3, -0.25) is 4.98 Å². The molecule has 0 amide bonds. The summed E-state index contributed by atoms with van der Waals surface area (Å²) in [5.41, 5.74) is 3.97. The van der Waals surface area contributed by atoms with Gasteiger partial charge < -0.3 is 15.4 Å². The average molecular weight is 315 g/mol. The SMILES string of the molecule is Oc1cccc(NC(c2ccccn2)c2c[nH]c3ccccc23)c1. The Morgan fingerprint density at radius 1 is 0.958 bits per heavy atom. The number of anilines is 1. The van der Waals surface area contributed by atoms with Crippen molar-refractivity contribution in [2.75, 3.05) is 5.32 Å². The average Bonchev–Trinajstić information content (AvgIpc) is 3.04. The van der Waals surface area contributed by atoms with Crippen molar-refractivity contribution in [3.8, 4) is 5.75 Å². The van der Waals surface area contributed by atoms with Gasteiger partial charge in [-0.25, -0.2) is 0 Å². The Kier molecular flexibility index (Phi) is 3.63. The molecule has 0 bridgehead atoms. The van der Waals surface area contributed by atoms with E-state index in [1.165, 1.54) is 0 Å². The summed E-state index contributed by atoms with van der Waals surface area (Å²) < 4.78 is 0. The van der Waals surface area contributed by atoms with Crippen LogP contribution in [0.2, 0.25) is 0 Å². The number of aromatic hydroxyl groups is 1. The van der Waals surface area contributed by atoms with E-state index in [4.69, 9.17) is 0 Å². The molecule has 0 aliphatic rings. The van der Waals surface area contributed by atoms with E-state index in [2.05, 4.69) is 27.4 Å². The molecular formula is C20H17N3O. The van der Waals surface area contributed by atoms with E-state index in [0.29, 0.717) is 0 Å². The predicted octanol–water partition coefficient (Wildman–Crippen LogP) is 4.47. The third-order valence-electron chi connectivity index (χ3n) is 4.07. The highest BCUT2D eigenvalue weighted by molar-refractivity contribution is 5.84. The van der Waals surface area contributed by atoms with Gasteiger partial charge in [0, 0.05) is 40.6 Å². The van der Waals surface area contributed by atoms with Gasteiger partial charge in [0.2, 0.25) is 0 Å². The summed E-state index contributed by atoms with van der Waals surface area (Å²) in [6, 6.07) is 21.1. The van der Waals surface area contributed by atoms with Gasteiger partial charge in [-0.15, -0.1) is 0 Å². The van der Waals surface area contributed by atoms with Crippen LogP contribution in [-0.4, -0.2) is 15.1 Å². The van der Waals surface area contributed by atoms with E-state index in [0.717, 1.165) is 27.8 Å². The van der Waals surface area contributed by atoms with Gasteiger partial charge in [0.05, 0.1) is 11.7 Å². The second-order valence-electron chi connectivity index (χ2n) is 5.67. The highest BCUT2D eigenvalue weighted by Gasteiger charge is 2.19. The topological polar surface area (TPSA) is 60.9 Å². The normalized spacial score (nSPS) is 12.2. The molecule has 3 N–H and O–H groups in total. The standard InChI is InChI=1S/C20H17N3O/c24-15-7-5-6-14(12-15)23-20(19-10-3-4-11-21-19)17-13-22-18-9-2-1-8-16(17)18/h1-13,20,22-24H. The van der Waals surface area contributed by atoms with Crippen LogP contribution in [0.5, 0.6) is 5.75 Å². The van der Waals surface area contributed by atoms with Crippen LogP contribution in [0.1, 0.15) is 17.3 Å². The molecule has 2 aromatic carbocycles. The summed E-state index contributed by atoms with van der Waals surface area (Å²) in [4.78, 5) is 7.84. The van der Waals surface area contributed by atoms with Gasteiger partial charge in [0.15, 0.2) is 0 Å². The van der Waals surface area contributed by atoms with E-state index in [-0.39, 0.29) is 11.8 Å². The van der Waals surface area contributed by atoms with E-state index in [9.17, 15) is 5.11 Å². The fourth-order valence-electron chi connectivity index (χ4n) is 2.95. The van der Waals surface area contributed by atoms with Crippen LogP contribution in [0.3, 0.4) is 0 Å². The third kappa shape index (κ3) is 2.70. The van der Waals surface area contributed by atoms with Crippen molar-refractivity contribution in [2.24, 2.45) is 0 Å². The number of benzene rings is 2. The molecule has 0 aliphatic heterocycles. The van der Waals surface area contributed by atoms with E-state index in [1.807, 2.05) is 48.7 Å². The summed E-state index contributed by atoms with van der Waals surface area (Å²) in [5.74, 6) is 0.235. The second-order valence-corrected chi connectivity index (χ2v) is 5.67. The van der Waals surface area contributed by atoms with E-state index in [1.54, 1.807) is 18.3 Å². The lowest BCUT2D eigenvalue weighted by Crippen LogP contribution is -2.13. The molecule has 0 radical (unpaired) electrons. The monoisotopic (exact) mass is 315 g/mol. The number of nitrogens with one attached hydrogen (secondary N) is 2. The Balaban J connectivity index is 1.82. The maximum atomic E-state index is 9.74. The largest absolute Gasteiger partial charge is 0.508 e. The van der Waals surface area contributed by atoms with Crippen molar-refractivity contribution in [3.05, 3.63) is 90.4 Å². The number of phenols is 1. The number of fused-ring (bicyclic) bond motifs is 1. The maximum Gasteiger partial charge on any atom is 0.117 e. The number of aromatic nitrogens is 2. The minimum absolute atomic E-state index is 0.121. The molecule has 0 saturated heterocycles. The second kappa shape index (κ2) is 6.08. The smallest absolute Gasteiger partial charge is 0.117 e. The van der Waals surface area contributed by atoms with Gasteiger partial charge in [0.25, 0.3) is 0 Å². The first-order valence-electron chi connectivity index (χ1n) is 7.84. The van der Waals surface area contributed by atoms with Crippen molar-refractivity contribution < 1.29 is 5.11 Å². The molecule has 4 rings (SSSR count). The zero-order valence-electron chi connectivity index (χ0n) is 13.0. The molecule has 118 valence electrons. The van der Waals surface area contributed by atoms with Crippen molar-refractivity contribution >= 4 is 16.6 Å². The first-order valence-corrected chi connectivity index (χ1v) is 7.84. The Labute approximate surface area is 139 Å². The van der Waals surface area contributed by atoms with Gasteiger partial charge in [-0.05, 0) is 30.3 Å². The number of aromatic amines is 1. The molecule has 4 nitrogen and oxygen atoms in total. The van der Waals surface area contributed by atoms with E-state index < -0.39 is 0 Å². The van der Waals surface area contributed by atoms with Crippen molar-refractivity contribution in [1.82, 2.24) is 9.97 Å². The van der Waals surface area contributed by atoms with Crippen LogP contribution in [-0.2, 0) is 0 Å². The molecule has 2 aromatic heterocycles. The van der Waals surface area contributed by atoms with Crippen LogP contribution >= 0.6 is 0 Å². The first kappa shape index (κ1) is 14.3. The molecule has 0 spiro atoms. The maximum absolute atomic E-state index is 9.74. The zero-order chi connectivity index (χ0) is 16.4. The molecule has 1 unspecified atom stereocenters. The number of hydrogen-bond acceptors (Lipinski definition) is 3. The third-order valence-corrected chi connectivity index (χ3v) is 4.07. The quantitative estimate of drug-likeness (QED) is 0.521. The van der Waals surface area contributed by atoms with Crippen LogP contribution in [0.25, 0.3) is 10.9 Å². The summed E-state index contributed by atoms with van der Waals surface area (Å²) in [5, 5.41) is 14.4. The molecule has 4 aromatic rings. The lowest BCUT2D eigenvalue weighted by molar-refractivity contribution is 0.475. The Morgan fingerprint density at radius 2 is 1.83 bits per heavy atom. The van der Waals surface area contributed by atoms with Crippen molar-refractivity contribution in [1.29, 1.82) is 0 Å². The molecule has 2 heterocycles. The van der Waals surface area contributed by atoms with Crippen molar-refractivity contribution in [2.45, 2.75) is 6.04 Å². The Hall–Kier alpha value is -3.27. The number of pyridine rings is 1. The fraction of sp³-hybridized carbons (Fsp3) is 0.0500. The van der Waals surface area contributed by atoms with Gasteiger partial charge in [0.1, 0.15) is 5.75 Å². The summed E-state index contributed by atoms with van der Waals surface area (Å²) in [7, 11) is 0. The van der Waals surface area contributed by atoms with Crippen molar-refractivity contribution in [3.63, 3.8) is 0 Å². The van der Waals surface area contributed by atoms with Gasteiger partial charge in [-0.1, -0.05) is 30.3 Å². The molecular weight excluding hydrogens is 298 g/mol. The predicted molar refractivity (Wildman–Crippen MR) is 96.1 cm³/mol. The van der Waals surface area contributed by atoms with Crippen LogP contribution in [0.4, 0.5) is 5.69 Å². The number of rotatable bonds is 4. The summed E-state index contributed by atoms with van der Waals surface area (Å²) in [6.45, 7) is 0.